The Morgan fingerprint density at radius 2 is 1.85 bits per heavy atom. The lowest BCUT2D eigenvalue weighted by molar-refractivity contribution is -0.137. The van der Waals surface area contributed by atoms with Crippen LogP contribution in [-0.4, -0.2) is 36.0 Å². The van der Waals surface area contributed by atoms with Crippen LogP contribution in [0.2, 0.25) is 0 Å². The van der Waals surface area contributed by atoms with Crippen molar-refractivity contribution in [3.63, 3.8) is 0 Å². The van der Waals surface area contributed by atoms with Gasteiger partial charge in [-0.05, 0) is 24.6 Å². The van der Waals surface area contributed by atoms with Crippen molar-refractivity contribution in [2.24, 2.45) is 5.41 Å². The molecule has 1 aromatic heterocycles. The number of alkyl halides is 3. The SMILES string of the molecule is COCC(C)NC(=O)Cn1c(=O)/c(=C\c2ccccc2C(F)(F)F)s/c1=C\C(=O)C(C)(C)C. The number of carbonyl (C=O) groups is 2. The average Bonchev–Trinajstić information content (AvgIpc) is 2.95. The normalized spacial score (nSPS) is 14.4. The number of rotatable bonds is 7. The zero-order chi connectivity index (χ0) is 25.0. The van der Waals surface area contributed by atoms with Gasteiger partial charge in [-0.25, -0.2) is 0 Å². The second kappa shape index (κ2) is 10.5. The zero-order valence-corrected chi connectivity index (χ0v) is 19.9. The van der Waals surface area contributed by atoms with E-state index in [0.717, 1.165) is 28.0 Å². The predicted octanol–water partition coefficient (Wildman–Crippen LogP) is 2.30. The summed E-state index contributed by atoms with van der Waals surface area (Å²) in [6, 6.07) is 4.58. The lowest BCUT2D eigenvalue weighted by Crippen LogP contribution is -2.42. The number of carbonyl (C=O) groups excluding carboxylic acids is 2. The number of ether oxygens (including phenoxy) is 1. The number of halogens is 3. The Morgan fingerprint density at radius 1 is 1.21 bits per heavy atom. The summed E-state index contributed by atoms with van der Waals surface area (Å²) in [4.78, 5) is 38.1. The first-order chi connectivity index (χ1) is 15.2. The topological polar surface area (TPSA) is 77.4 Å². The van der Waals surface area contributed by atoms with E-state index in [4.69, 9.17) is 4.74 Å². The van der Waals surface area contributed by atoms with Gasteiger partial charge in [-0.2, -0.15) is 13.2 Å². The van der Waals surface area contributed by atoms with Gasteiger partial charge in [0.2, 0.25) is 5.91 Å². The molecule has 0 bridgehead atoms. The van der Waals surface area contributed by atoms with Crippen molar-refractivity contribution in [1.82, 2.24) is 9.88 Å². The van der Waals surface area contributed by atoms with Crippen molar-refractivity contribution in [3.8, 4) is 0 Å². The Kier molecular flexibility index (Phi) is 8.42. The minimum Gasteiger partial charge on any atom is -0.383 e. The molecule has 0 aliphatic rings. The molecule has 0 fully saturated rings. The van der Waals surface area contributed by atoms with Crippen molar-refractivity contribution in [2.75, 3.05) is 13.7 Å². The molecule has 2 rings (SSSR count). The number of nitrogens with zero attached hydrogens (tertiary/aromatic N) is 1. The highest BCUT2D eigenvalue weighted by molar-refractivity contribution is 7.07. The third kappa shape index (κ3) is 7.13. The maximum absolute atomic E-state index is 13.4. The van der Waals surface area contributed by atoms with E-state index in [-0.39, 0.29) is 39.7 Å². The number of aromatic nitrogens is 1. The molecular weight excluding hydrogens is 457 g/mol. The fraction of sp³-hybridized carbons (Fsp3) is 0.435. The first-order valence-electron chi connectivity index (χ1n) is 10.2. The van der Waals surface area contributed by atoms with Gasteiger partial charge in [0.1, 0.15) is 11.2 Å². The van der Waals surface area contributed by atoms with Gasteiger partial charge in [-0.3, -0.25) is 19.0 Å². The summed E-state index contributed by atoms with van der Waals surface area (Å²) in [5.74, 6) is -0.771. The monoisotopic (exact) mass is 484 g/mol. The molecule has 1 aromatic carbocycles. The van der Waals surface area contributed by atoms with Gasteiger partial charge in [0, 0.05) is 24.6 Å². The smallest absolute Gasteiger partial charge is 0.383 e. The number of hydrogen-bond acceptors (Lipinski definition) is 5. The maximum Gasteiger partial charge on any atom is 0.416 e. The minimum atomic E-state index is -4.60. The molecule has 0 spiro atoms. The summed E-state index contributed by atoms with van der Waals surface area (Å²) in [5, 5.41) is 2.68. The van der Waals surface area contributed by atoms with E-state index in [1.54, 1.807) is 27.7 Å². The van der Waals surface area contributed by atoms with Crippen LogP contribution in [0, 0.1) is 5.41 Å². The number of thiazole rings is 1. The van der Waals surface area contributed by atoms with E-state index >= 15 is 0 Å². The standard InChI is InChI=1S/C23H27F3N2O4S/c1-14(13-32-5)27-19(30)12-28-20(11-18(29)22(2,3)4)33-17(21(28)31)10-15-8-6-7-9-16(15)23(24,25)26/h6-11,14H,12-13H2,1-5H3,(H,27,30)/b17-10+,20-11-. The molecule has 1 atom stereocenters. The molecule has 0 saturated heterocycles. The molecule has 0 radical (unpaired) electrons. The number of ketones is 1. The number of benzene rings is 1. The van der Waals surface area contributed by atoms with E-state index in [2.05, 4.69) is 5.32 Å². The van der Waals surface area contributed by atoms with Crippen LogP contribution in [-0.2, 0) is 27.0 Å². The van der Waals surface area contributed by atoms with E-state index in [1.165, 1.54) is 31.4 Å². The van der Waals surface area contributed by atoms with Crippen LogP contribution in [0.15, 0.2) is 29.1 Å². The second-order valence-electron chi connectivity index (χ2n) is 8.61. The lowest BCUT2D eigenvalue weighted by Gasteiger charge is -2.14. The average molecular weight is 485 g/mol. The van der Waals surface area contributed by atoms with Crippen LogP contribution in [0.1, 0.15) is 38.8 Å². The molecular formula is C23H27F3N2O4S. The van der Waals surface area contributed by atoms with Crippen molar-refractivity contribution in [2.45, 2.75) is 46.5 Å². The molecule has 1 heterocycles. The second-order valence-corrected chi connectivity index (χ2v) is 9.67. The van der Waals surface area contributed by atoms with Crippen molar-refractivity contribution in [1.29, 1.82) is 0 Å². The van der Waals surface area contributed by atoms with Crippen LogP contribution in [0.3, 0.4) is 0 Å². The van der Waals surface area contributed by atoms with Gasteiger partial charge in [0.05, 0.1) is 16.7 Å². The van der Waals surface area contributed by atoms with Crippen molar-refractivity contribution in [3.05, 3.63) is 54.9 Å². The van der Waals surface area contributed by atoms with Gasteiger partial charge in [0.25, 0.3) is 5.56 Å². The van der Waals surface area contributed by atoms with E-state index in [9.17, 15) is 27.6 Å². The fourth-order valence-corrected chi connectivity index (χ4v) is 3.93. The number of nitrogens with one attached hydrogen (secondary N) is 1. The highest BCUT2D eigenvalue weighted by Gasteiger charge is 2.32. The summed E-state index contributed by atoms with van der Waals surface area (Å²) in [7, 11) is 1.48. The van der Waals surface area contributed by atoms with E-state index in [1.807, 2.05) is 0 Å². The quantitative estimate of drug-likeness (QED) is 0.655. The Balaban J connectivity index is 2.65. The van der Waals surface area contributed by atoms with Crippen LogP contribution < -0.4 is 20.1 Å². The molecule has 6 nitrogen and oxygen atoms in total. The van der Waals surface area contributed by atoms with Gasteiger partial charge >= 0.3 is 6.18 Å². The molecule has 0 saturated carbocycles. The lowest BCUT2D eigenvalue weighted by atomic mass is 9.91. The Hall–Kier alpha value is -2.72. The van der Waals surface area contributed by atoms with Gasteiger partial charge in [-0.1, -0.05) is 39.0 Å². The van der Waals surface area contributed by atoms with Crippen LogP contribution in [0.25, 0.3) is 12.2 Å². The molecule has 10 heteroatoms. The summed E-state index contributed by atoms with van der Waals surface area (Å²) < 4.78 is 46.4. The third-order valence-electron chi connectivity index (χ3n) is 4.61. The number of hydrogen-bond donors (Lipinski definition) is 1. The third-order valence-corrected chi connectivity index (χ3v) is 5.67. The molecule has 1 unspecified atom stereocenters. The molecule has 33 heavy (non-hydrogen) atoms. The fourth-order valence-electron chi connectivity index (χ4n) is 2.90. The summed E-state index contributed by atoms with van der Waals surface area (Å²) in [6.07, 6.45) is -2.21. The molecule has 180 valence electrons. The Bertz CT molecular complexity index is 1190. The van der Waals surface area contributed by atoms with Crippen molar-refractivity contribution < 1.29 is 27.5 Å². The number of methoxy groups -OCH3 is 1. The number of Topliss-reactive ketones (excluding diaryl/α,β-unsaturated/α-hetero) is 1. The number of amides is 1. The first-order valence-corrected chi connectivity index (χ1v) is 11.0. The van der Waals surface area contributed by atoms with Crippen LogP contribution in [0.4, 0.5) is 13.2 Å². The largest absolute Gasteiger partial charge is 0.416 e. The summed E-state index contributed by atoms with van der Waals surface area (Å²) in [6.45, 7) is 6.70. The summed E-state index contributed by atoms with van der Waals surface area (Å²) in [5.41, 5.74) is -2.46. The molecule has 1 amide bonds. The van der Waals surface area contributed by atoms with Gasteiger partial charge in [0.15, 0.2) is 5.78 Å². The van der Waals surface area contributed by atoms with E-state index < -0.39 is 28.6 Å². The van der Waals surface area contributed by atoms with Gasteiger partial charge < -0.3 is 10.1 Å². The molecule has 0 aliphatic carbocycles. The highest BCUT2D eigenvalue weighted by atomic mass is 32.1. The zero-order valence-electron chi connectivity index (χ0n) is 19.1. The minimum absolute atomic E-state index is 0.0163. The summed E-state index contributed by atoms with van der Waals surface area (Å²) >= 11 is 0.862. The molecule has 2 aromatic rings. The highest BCUT2D eigenvalue weighted by Crippen LogP contribution is 2.32. The van der Waals surface area contributed by atoms with E-state index in [0.29, 0.717) is 0 Å². The Morgan fingerprint density at radius 3 is 2.42 bits per heavy atom. The van der Waals surface area contributed by atoms with Crippen molar-refractivity contribution >= 4 is 35.2 Å². The van der Waals surface area contributed by atoms with Crippen LogP contribution in [0.5, 0.6) is 0 Å². The predicted molar refractivity (Wildman–Crippen MR) is 121 cm³/mol. The van der Waals surface area contributed by atoms with Crippen LogP contribution >= 0.6 is 11.3 Å². The molecule has 0 aliphatic heterocycles. The first kappa shape index (κ1) is 26.5. The van der Waals surface area contributed by atoms with Gasteiger partial charge in [-0.15, -0.1) is 11.3 Å². The Labute approximate surface area is 193 Å². The molecule has 1 N–H and O–H groups in total. The maximum atomic E-state index is 13.4.